The zero-order valence-corrected chi connectivity index (χ0v) is 8.40. The van der Waals surface area contributed by atoms with Crippen LogP contribution in [0.3, 0.4) is 0 Å². The van der Waals surface area contributed by atoms with Crippen LogP contribution in [-0.4, -0.2) is 11.1 Å². The Morgan fingerprint density at radius 2 is 1.75 bits per heavy atom. The standard InChI is InChI=1S/C13H9FO2/c1-8(13(15)16)9-2-3-11-7-12(14)5-4-10(11)6-9/h2-7H,1H2,(H,15,16). The van der Waals surface area contributed by atoms with E-state index in [0.29, 0.717) is 5.56 Å². The van der Waals surface area contributed by atoms with E-state index in [1.807, 2.05) is 0 Å². The highest BCUT2D eigenvalue weighted by Crippen LogP contribution is 2.21. The third-order valence-electron chi connectivity index (χ3n) is 2.41. The molecule has 0 amide bonds. The SMILES string of the molecule is C=C(C(=O)O)c1ccc2cc(F)ccc2c1. The van der Waals surface area contributed by atoms with Crippen LogP contribution < -0.4 is 0 Å². The maximum Gasteiger partial charge on any atom is 0.335 e. The van der Waals surface area contributed by atoms with Crippen molar-refractivity contribution in [1.29, 1.82) is 0 Å². The Bertz CT molecular complexity index is 588. The lowest BCUT2D eigenvalue weighted by Gasteiger charge is -2.03. The van der Waals surface area contributed by atoms with Crippen molar-refractivity contribution in [3.8, 4) is 0 Å². The zero-order chi connectivity index (χ0) is 11.7. The molecule has 0 radical (unpaired) electrons. The fraction of sp³-hybridized carbons (Fsp3) is 0. The smallest absolute Gasteiger partial charge is 0.335 e. The van der Waals surface area contributed by atoms with Gasteiger partial charge in [-0.05, 0) is 34.5 Å². The van der Waals surface area contributed by atoms with Gasteiger partial charge in [0.2, 0.25) is 0 Å². The van der Waals surface area contributed by atoms with Gasteiger partial charge in [-0.1, -0.05) is 24.8 Å². The van der Waals surface area contributed by atoms with Gasteiger partial charge in [0.05, 0.1) is 5.57 Å². The van der Waals surface area contributed by atoms with Crippen LogP contribution in [0.25, 0.3) is 16.3 Å². The maximum absolute atomic E-state index is 12.9. The summed E-state index contributed by atoms with van der Waals surface area (Å²) in [5.74, 6) is -1.36. The number of benzene rings is 2. The number of carboxylic acids is 1. The average molecular weight is 216 g/mol. The van der Waals surface area contributed by atoms with Crippen molar-refractivity contribution >= 4 is 22.3 Å². The molecular formula is C13H9FO2. The lowest BCUT2D eigenvalue weighted by atomic mass is 10.0. The predicted octanol–water partition coefficient (Wildman–Crippen LogP) is 3.08. The minimum Gasteiger partial charge on any atom is -0.478 e. The Kier molecular flexibility index (Phi) is 2.44. The summed E-state index contributed by atoms with van der Waals surface area (Å²) < 4.78 is 12.9. The Hall–Kier alpha value is -2.16. The van der Waals surface area contributed by atoms with Gasteiger partial charge in [0.1, 0.15) is 5.82 Å². The van der Waals surface area contributed by atoms with E-state index in [2.05, 4.69) is 6.58 Å². The maximum atomic E-state index is 12.9. The van der Waals surface area contributed by atoms with Gasteiger partial charge in [-0.3, -0.25) is 0 Å². The van der Waals surface area contributed by atoms with E-state index in [9.17, 15) is 9.18 Å². The number of fused-ring (bicyclic) bond motifs is 1. The van der Waals surface area contributed by atoms with Crippen molar-refractivity contribution in [1.82, 2.24) is 0 Å². The van der Waals surface area contributed by atoms with Gasteiger partial charge in [0, 0.05) is 0 Å². The van der Waals surface area contributed by atoms with Crippen molar-refractivity contribution in [2.45, 2.75) is 0 Å². The topological polar surface area (TPSA) is 37.3 Å². The van der Waals surface area contributed by atoms with Crippen LogP contribution in [0.2, 0.25) is 0 Å². The highest BCUT2D eigenvalue weighted by Gasteiger charge is 2.07. The number of hydrogen-bond acceptors (Lipinski definition) is 1. The minimum atomic E-state index is -1.05. The molecule has 0 fully saturated rings. The molecule has 0 atom stereocenters. The summed E-state index contributed by atoms with van der Waals surface area (Å²) in [6.45, 7) is 3.48. The molecule has 2 nitrogen and oxygen atoms in total. The lowest BCUT2D eigenvalue weighted by molar-refractivity contribution is -0.130. The van der Waals surface area contributed by atoms with Gasteiger partial charge >= 0.3 is 5.97 Å². The highest BCUT2D eigenvalue weighted by atomic mass is 19.1. The Labute approximate surface area is 91.6 Å². The van der Waals surface area contributed by atoms with E-state index in [1.54, 1.807) is 24.3 Å². The van der Waals surface area contributed by atoms with Crippen molar-refractivity contribution in [3.63, 3.8) is 0 Å². The van der Waals surface area contributed by atoms with Crippen LogP contribution in [0.1, 0.15) is 5.56 Å². The number of aliphatic carboxylic acids is 1. The highest BCUT2D eigenvalue weighted by molar-refractivity contribution is 6.15. The lowest BCUT2D eigenvalue weighted by Crippen LogP contribution is -1.97. The second kappa shape index (κ2) is 3.77. The van der Waals surface area contributed by atoms with Crippen LogP contribution >= 0.6 is 0 Å². The van der Waals surface area contributed by atoms with Gasteiger partial charge in [-0.15, -0.1) is 0 Å². The normalized spacial score (nSPS) is 10.3. The number of carbonyl (C=O) groups is 1. The van der Waals surface area contributed by atoms with Crippen molar-refractivity contribution in [2.75, 3.05) is 0 Å². The van der Waals surface area contributed by atoms with Crippen LogP contribution in [-0.2, 0) is 4.79 Å². The summed E-state index contributed by atoms with van der Waals surface area (Å²) in [7, 11) is 0. The number of rotatable bonds is 2. The first-order valence-corrected chi connectivity index (χ1v) is 4.70. The molecule has 0 aliphatic carbocycles. The Morgan fingerprint density at radius 1 is 1.12 bits per heavy atom. The fourth-order valence-corrected chi connectivity index (χ4v) is 1.53. The molecule has 0 aliphatic heterocycles. The molecule has 80 valence electrons. The van der Waals surface area contributed by atoms with Crippen LogP contribution in [0, 0.1) is 5.82 Å². The summed E-state index contributed by atoms with van der Waals surface area (Å²) >= 11 is 0. The van der Waals surface area contributed by atoms with Gasteiger partial charge in [0.25, 0.3) is 0 Å². The number of carboxylic acid groups (broad SMARTS) is 1. The summed E-state index contributed by atoms with van der Waals surface area (Å²) in [5.41, 5.74) is 0.567. The average Bonchev–Trinajstić information content (AvgIpc) is 2.27. The van der Waals surface area contributed by atoms with Crippen LogP contribution in [0.5, 0.6) is 0 Å². The number of halogens is 1. The minimum absolute atomic E-state index is 0.0335. The van der Waals surface area contributed by atoms with Crippen molar-refractivity contribution < 1.29 is 14.3 Å². The van der Waals surface area contributed by atoms with Crippen molar-refractivity contribution in [3.05, 3.63) is 54.4 Å². The largest absolute Gasteiger partial charge is 0.478 e. The quantitative estimate of drug-likeness (QED) is 0.783. The molecule has 0 unspecified atom stereocenters. The van der Waals surface area contributed by atoms with E-state index in [-0.39, 0.29) is 11.4 Å². The van der Waals surface area contributed by atoms with Gasteiger partial charge in [-0.2, -0.15) is 0 Å². The summed E-state index contributed by atoms with van der Waals surface area (Å²) in [5, 5.41) is 10.3. The first kappa shape index (κ1) is 10.4. The molecular weight excluding hydrogens is 207 g/mol. The van der Waals surface area contributed by atoms with E-state index < -0.39 is 5.97 Å². The second-order valence-electron chi connectivity index (χ2n) is 3.49. The fourth-order valence-electron chi connectivity index (χ4n) is 1.53. The summed E-state index contributed by atoms with van der Waals surface area (Å²) in [6.07, 6.45) is 0. The Balaban J connectivity index is 2.57. The zero-order valence-electron chi connectivity index (χ0n) is 8.40. The van der Waals surface area contributed by atoms with Gasteiger partial charge in [0.15, 0.2) is 0 Å². The molecule has 16 heavy (non-hydrogen) atoms. The predicted molar refractivity (Wildman–Crippen MR) is 60.6 cm³/mol. The molecule has 0 saturated carbocycles. The molecule has 0 aromatic heterocycles. The first-order chi connectivity index (χ1) is 7.58. The molecule has 0 saturated heterocycles. The van der Waals surface area contributed by atoms with E-state index in [4.69, 9.17) is 5.11 Å². The summed E-state index contributed by atoms with van der Waals surface area (Å²) in [4.78, 5) is 10.7. The van der Waals surface area contributed by atoms with Gasteiger partial charge in [-0.25, -0.2) is 9.18 Å². The number of hydrogen-bond donors (Lipinski definition) is 1. The van der Waals surface area contributed by atoms with E-state index >= 15 is 0 Å². The monoisotopic (exact) mass is 216 g/mol. The van der Waals surface area contributed by atoms with Crippen LogP contribution in [0.4, 0.5) is 4.39 Å². The van der Waals surface area contributed by atoms with E-state index in [0.717, 1.165) is 10.8 Å². The van der Waals surface area contributed by atoms with Gasteiger partial charge < -0.3 is 5.11 Å². The van der Waals surface area contributed by atoms with Crippen molar-refractivity contribution in [2.24, 2.45) is 0 Å². The molecule has 0 spiro atoms. The molecule has 0 aliphatic rings. The second-order valence-corrected chi connectivity index (χ2v) is 3.49. The summed E-state index contributed by atoms with van der Waals surface area (Å²) in [6, 6.07) is 9.35. The molecule has 0 heterocycles. The third kappa shape index (κ3) is 1.80. The van der Waals surface area contributed by atoms with E-state index in [1.165, 1.54) is 12.1 Å². The molecule has 2 aromatic carbocycles. The molecule has 0 bridgehead atoms. The van der Waals surface area contributed by atoms with Crippen LogP contribution in [0.15, 0.2) is 43.0 Å². The first-order valence-electron chi connectivity index (χ1n) is 4.70. The Morgan fingerprint density at radius 3 is 2.44 bits per heavy atom. The molecule has 2 aromatic rings. The molecule has 2 rings (SSSR count). The third-order valence-corrected chi connectivity index (χ3v) is 2.41. The molecule has 3 heteroatoms. The molecule has 1 N–H and O–H groups in total.